The predicted molar refractivity (Wildman–Crippen MR) is 45.1 cm³/mol. The molecule has 0 aliphatic carbocycles. The zero-order valence-electron chi connectivity index (χ0n) is 6.97. The van der Waals surface area contributed by atoms with Crippen LogP contribution in [0.4, 0.5) is 5.95 Å². The van der Waals surface area contributed by atoms with Crippen LogP contribution >= 0.6 is 0 Å². The highest BCUT2D eigenvalue weighted by molar-refractivity contribution is 5.42. The minimum atomic E-state index is 0.782. The van der Waals surface area contributed by atoms with E-state index >= 15 is 0 Å². The Morgan fingerprint density at radius 2 is 2.17 bits per heavy atom. The Labute approximate surface area is 69.7 Å². The smallest absolute Gasteiger partial charge is 0.229 e. The van der Waals surface area contributed by atoms with E-state index < -0.39 is 0 Å². The Hall–Kier alpha value is -1.65. The average molecular weight is 163 g/mol. The molecule has 2 rings (SSSR count). The summed E-state index contributed by atoms with van der Waals surface area (Å²) in [6.45, 7) is 0. The van der Waals surface area contributed by atoms with Gasteiger partial charge >= 0.3 is 0 Å². The van der Waals surface area contributed by atoms with Crippen LogP contribution in [-0.4, -0.2) is 33.7 Å². The summed E-state index contributed by atoms with van der Waals surface area (Å²) in [5.41, 5.74) is 0.814. The van der Waals surface area contributed by atoms with Crippen LogP contribution in [0.3, 0.4) is 0 Å². The lowest BCUT2D eigenvalue weighted by Crippen LogP contribution is -2.15. The van der Waals surface area contributed by atoms with E-state index in [0.717, 1.165) is 11.6 Å². The molecular weight excluding hydrogens is 154 g/mol. The van der Waals surface area contributed by atoms with Gasteiger partial charge in [-0.05, 0) is 0 Å². The largest absolute Gasteiger partial charge is 0.347 e. The second-order valence-electron chi connectivity index (χ2n) is 2.67. The van der Waals surface area contributed by atoms with E-state index in [2.05, 4.69) is 15.1 Å². The van der Waals surface area contributed by atoms with Gasteiger partial charge in [0.1, 0.15) is 6.33 Å². The topological polar surface area (TPSA) is 46.3 Å². The molecule has 0 aliphatic heterocycles. The molecule has 2 aromatic heterocycles. The summed E-state index contributed by atoms with van der Waals surface area (Å²) >= 11 is 0. The molecule has 0 N–H and O–H groups in total. The Morgan fingerprint density at radius 1 is 1.33 bits per heavy atom. The molecule has 0 aromatic carbocycles. The normalized spacial score (nSPS) is 10.5. The number of aromatic nitrogens is 4. The fourth-order valence-corrected chi connectivity index (χ4v) is 1.05. The van der Waals surface area contributed by atoms with Crippen molar-refractivity contribution in [3.8, 4) is 0 Å². The van der Waals surface area contributed by atoms with Crippen LogP contribution in [0, 0.1) is 0 Å². The third kappa shape index (κ3) is 0.903. The summed E-state index contributed by atoms with van der Waals surface area (Å²) in [4.78, 5) is 10.0. The van der Waals surface area contributed by atoms with Crippen molar-refractivity contribution in [2.24, 2.45) is 0 Å². The van der Waals surface area contributed by atoms with Gasteiger partial charge in [0.2, 0.25) is 5.95 Å². The molecule has 2 aromatic rings. The van der Waals surface area contributed by atoms with E-state index in [0.29, 0.717) is 0 Å². The first-order valence-electron chi connectivity index (χ1n) is 3.61. The molecule has 5 nitrogen and oxygen atoms in total. The van der Waals surface area contributed by atoms with Crippen molar-refractivity contribution in [2.75, 3.05) is 19.0 Å². The highest BCUT2D eigenvalue weighted by Crippen LogP contribution is 2.06. The van der Waals surface area contributed by atoms with Gasteiger partial charge in [0.05, 0.1) is 6.20 Å². The van der Waals surface area contributed by atoms with Crippen molar-refractivity contribution in [3.63, 3.8) is 0 Å². The standard InChI is InChI=1S/C7H9N5/c1-11(2)7-9-5-8-6-3-4-10-12(6)7/h3-5H,1-2H3. The molecule has 0 atom stereocenters. The molecule has 0 aliphatic rings. The number of nitrogens with zero attached hydrogens (tertiary/aromatic N) is 5. The zero-order valence-corrected chi connectivity index (χ0v) is 6.97. The Bertz CT molecular complexity index is 391. The summed E-state index contributed by atoms with van der Waals surface area (Å²) in [5.74, 6) is 0.782. The maximum Gasteiger partial charge on any atom is 0.229 e. The summed E-state index contributed by atoms with van der Waals surface area (Å²) in [6.07, 6.45) is 3.24. The van der Waals surface area contributed by atoms with Gasteiger partial charge in [-0.25, -0.2) is 9.97 Å². The lowest BCUT2D eigenvalue weighted by molar-refractivity contribution is 0.849. The van der Waals surface area contributed by atoms with Crippen molar-refractivity contribution in [1.29, 1.82) is 0 Å². The molecule has 2 heterocycles. The van der Waals surface area contributed by atoms with Gasteiger partial charge in [-0.1, -0.05) is 0 Å². The quantitative estimate of drug-likeness (QED) is 0.602. The Morgan fingerprint density at radius 3 is 2.92 bits per heavy atom. The van der Waals surface area contributed by atoms with Gasteiger partial charge < -0.3 is 4.90 Å². The van der Waals surface area contributed by atoms with Crippen LogP contribution in [0.25, 0.3) is 5.65 Å². The number of hydrogen-bond donors (Lipinski definition) is 0. The molecule has 62 valence electrons. The highest BCUT2D eigenvalue weighted by Gasteiger charge is 2.03. The maximum atomic E-state index is 4.09. The Kier molecular flexibility index (Phi) is 1.43. The molecular formula is C7H9N5. The fourth-order valence-electron chi connectivity index (χ4n) is 1.05. The van der Waals surface area contributed by atoms with Crippen molar-refractivity contribution in [3.05, 3.63) is 18.6 Å². The monoisotopic (exact) mass is 163 g/mol. The van der Waals surface area contributed by atoms with Gasteiger partial charge in [0.25, 0.3) is 0 Å². The number of anilines is 1. The van der Waals surface area contributed by atoms with Crippen LogP contribution in [0.2, 0.25) is 0 Å². The first kappa shape index (κ1) is 7.02. The summed E-state index contributed by atoms with van der Waals surface area (Å²) < 4.78 is 1.69. The second kappa shape index (κ2) is 2.44. The van der Waals surface area contributed by atoms with E-state index in [1.165, 1.54) is 6.33 Å². The minimum Gasteiger partial charge on any atom is -0.347 e. The maximum absolute atomic E-state index is 4.09. The molecule has 0 fully saturated rings. The van der Waals surface area contributed by atoms with E-state index in [4.69, 9.17) is 0 Å². The summed E-state index contributed by atoms with van der Waals surface area (Å²) in [6, 6.07) is 1.84. The first-order valence-corrected chi connectivity index (χ1v) is 3.61. The third-order valence-corrected chi connectivity index (χ3v) is 1.58. The molecule has 0 amide bonds. The van der Waals surface area contributed by atoms with Gasteiger partial charge in [0, 0.05) is 20.2 Å². The lowest BCUT2D eigenvalue weighted by Gasteiger charge is -2.10. The molecule has 0 saturated carbocycles. The van der Waals surface area contributed by atoms with Crippen LogP contribution in [0.5, 0.6) is 0 Å². The van der Waals surface area contributed by atoms with Crippen LogP contribution in [0.1, 0.15) is 0 Å². The summed E-state index contributed by atoms with van der Waals surface area (Å²) in [5, 5.41) is 4.09. The Balaban J connectivity index is 2.73. The third-order valence-electron chi connectivity index (χ3n) is 1.58. The van der Waals surface area contributed by atoms with Crippen LogP contribution in [0.15, 0.2) is 18.6 Å². The van der Waals surface area contributed by atoms with E-state index in [-0.39, 0.29) is 0 Å². The first-order chi connectivity index (χ1) is 5.79. The summed E-state index contributed by atoms with van der Waals surface area (Å²) in [7, 11) is 3.84. The number of fused-ring (bicyclic) bond motifs is 1. The van der Waals surface area contributed by atoms with Gasteiger partial charge in [-0.2, -0.15) is 9.61 Å². The molecule has 5 heteroatoms. The van der Waals surface area contributed by atoms with Gasteiger partial charge in [0.15, 0.2) is 5.65 Å². The second-order valence-corrected chi connectivity index (χ2v) is 2.67. The fraction of sp³-hybridized carbons (Fsp3) is 0.286. The highest BCUT2D eigenvalue weighted by atomic mass is 15.4. The van der Waals surface area contributed by atoms with Crippen LogP contribution in [-0.2, 0) is 0 Å². The molecule has 0 saturated heterocycles. The zero-order chi connectivity index (χ0) is 8.55. The van der Waals surface area contributed by atoms with E-state index in [1.807, 2.05) is 25.1 Å². The number of hydrogen-bond acceptors (Lipinski definition) is 4. The molecule has 0 spiro atoms. The SMILES string of the molecule is CN(C)c1ncnc2ccnn12. The number of rotatable bonds is 1. The minimum absolute atomic E-state index is 0.782. The lowest BCUT2D eigenvalue weighted by atomic mass is 10.7. The molecule has 12 heavy (non-hydrogen) atoms. The van der Waals surface area contributed by atoms with E-state index in [9.17, 15) is 0 Å². The van der Waals surface area contributed by atoms with E-state index in [1.54, 1.807) is 10.7 Å². The van der Waals surface area contributed by atoms with Crippen molar-refractivity contribution in [2.45, 2.75) is 0 Å². The van der Waals surface area contributed by atoms with Crippen molar-refractivity contribution in [1.82, 2.24) is 19.6 Å². The predicted octanol–water partition coefficient (Wildman–Crippen LogP) is 0.190. The molecule has 0 unspecified atom stereocenters. The molecule has 0 bridgehead atoms. The molecule has 0 radical (unpaired) electrons. The van der Waals surface area contributed by atoms with Crippen LogP contribution < -0.4 is 4.90 Å². The van der Waals surface area contributed by atoms with Gasteiger partial charge in [-0.3, -0.25) is 0 Å². The van der Waals surface area contributed by atoms with Crippen molar-refractivity contribution >= 4 is 11.6 Å². The van der Waals surface area contributed by atoms with Gasteiger partial charge in [-0.15, -0.1) is 0 Å². The average Bonchev–Trinajstić information content (AvgIpc) is 2.49. The van der Waals surface area contributed by atoms with Crippen molar-refractivity contribution < 1.29 is 0 Å².